The van der Waals surface area contributed by atoms with E-state index in [0.29, 0.717) is 5.82 Å². The minimum atomic E-state index is -3.31. The van der Waals surface area contributed by atoms with Gasteiger partial charge in [0.05, 0.1) is 12.3 Å². The molecule has 1 unspecified atom stereocenters. The summed E-state index contributed by atoms with van der Waals surface area (Å²) >= 11 is 0. The van der Waals surface area contributed by atoms with Gasteiger partial charge in [-0.1, -0.05) is 5.16 Å². The van der Waals surface area contributed by atoms with Crippen molar-refractivity contribution >= 4 is 21.8 Å². The molecule has 0 fully saturated rings. The van der Waals surface area contributed by atoms with E-state index in [1.807, 2.05) is 0 Å². The molecule has 0 bridgehead atoms. The van der Waals surface area contributed by atoms with E-state index < -0.39 is 27.9 Å². The summed E-state index contributed by atoms with van der Waals surface area (Å²) in [6, 6.07) is -2.07. The molecule has 1 heterocycles. The number of nitrogens with zero attached hydrogens (tertiary/aromatic N) is 2. The maximum absolute atomic E-state index is 11.5. The Bertz CT molecular complexity index is 611. The van der Waals surface area contributed by atoms with Crippen LogP contribution in [0.4, 0.5) is 4.79 Å². The van der Waals surface area contributed by atoms with E-state index in [0.717, 1.165) is 6.26 Å². The molecule has 3 N–H and O–H groups in total. The number of nitrogens with one attached hydrogen (secondary N) is 2. The Balaban J connectivity index is 2.47. The molecular weight excluding hydrogens is 304 g/mol. The number of carbonyl (C=O) groups is 2. The highest BCUT2D eigenvalue weighted by Crippen LogP contribution is 1.98. The normalized spacial score (nSPS) is 12.7. The highest BCUT2D eigenvalue weighted by molar-refractivity contribution is 7.90. The number of carbonyl (C=O) groups excluding carboxylic acids is 1. The Hall–Kier alpha value is -2.17. The highest BCUT2D eigenvalue weighted by atomic mass is 32.2. The van der Waals surface area contributed by atoms with Crippen LogP contribution in [0.25, 0.3) is 0 Å². The largest absolute Gasteiger partial charge is 0.480 e. The van der Waals surface area contributed by atoms with Gasteiger partial charge < -0.3 is 20.3 Å². The van der Waals surface area contributed by atoms with Crippen molar-refractivity contribution in [2.75, 3.05) is 12.0 Å². The van der Waals surface area contributed by atoms with Crippen LogP contribution in [0.2, 0.25) is 0 Å². The van der Waals surface area contributed by atoms with Gasteiger partial charge in [0, 0.05) is 6.26 Å². The molecule has 1 atom stereocenters. The van der Waals surface area contributed by atoms with Gasteiger partial charge >= 0.3 is 12.0 Å². The molecule has 0 aliphatic heterocycles. The predicted molar refractivity (Wildman–Crippen MR) is 70.2 cm³/mol. The third-order valence-electron chi connectivity index (χ3n) is 2.35. The molecule has 118 valence electrons. The smallest absolute Gasteiger partial charge is 0.326 e. The van der Waals surface area contributed by atoms with Crippen LogP contribution < -0.4 is 10.6 Å². The monoisotopic (exact) mass is 320 g/mol. The molecule has 1 aromatic rings. The molecule has 10 nitrogen and oxygen atoms in total. The van der Waals surface area contributed by atoms with Gasteiger partial charge in [0.1, 0.15) is 15.9 Å². The average Bonchev–Trinajstić information content (AvgIpc) is 2.76. The summed E-state index contributed by atoms with van der Waals surface area (Å²) in [5.74, 6) is -1.08. The molecule has 1 rings (SSSR count). The molecule has 11 heteroatoms. The van der Waals surface area contributed by atoms with Crippen LogP contribution in [0.1, 0.15) is 18.1 Å². The second kappa shape index (κ2) is 7.02. The topological polar surface area (TPSA) is 151 Å². The minimum absolute atomic E-state index is 0.0644. The van der Waals surface area contributed by atoms with Crippen molar-refractivity contribution < 1.29 is 27.6 Å². The number of aliphatic carboxylic acids is 1. The Kier molecular flexibility index (Phi) is 5.64. The van der Waals surface area contributed by atoms with Crippen LogP contribution in [0.5, 0.6) is 0 Å². The standard InChI is InChI=1S/C10H16N4O6S/c1-6-12-8(20-14-6)5-11-10(17)13-7(9(15)16)3-4-21(2,18)19/h7H,3-5H2,1-2H3,(H,15,16)(H2,11,13,17). The number of carboxylic acids is 1. The summed E-state index contributed by atoms with van der Waals surface area (Å²) in [4.78, 5) is 26.3. The van der Waals surface area contributed by atoms with Crippen LogP contribution in [-0.2, 0) is 21.2 Å². The van der Waals surface area contributed by atoms with Gasteiger partial charge in [0.25, 0.3) is 0 Å². The van der Waals surface area contributed by atoms with Gasteiger partial charge in [0.15, 0.2) is 5.82 Å². The zero-order chi connectivity index (χ0) is 16.0. The number of aryl methyl sites for hydroxylation is 1. The quantitative estimate of drug-likeness (QED) is 0.582. The molecule has 0 saturated carbocycles. The number of aromatic nitrogens is 2. The average molecular weight is 320 g/mol. The molecule has 0 saturated heterocycles. The third kappa shape index (κ3) is 6.70. The summed E-state index contributed by atoms with van der Waals surface area (Å²) < 4.78 is 26.8. The van der Waals surface area contributed by atoms with E-state index in [2.05, 4.69) is 20.8 Å². The molecule has 0 spiro atoms. The first-order chi connectivity index (χ1) is 9.67. The lowest BCUT2D eigenvalue weighted by atomic mass is 10.2. The summed E-state index contributed by atoms with van der Waals surface area (Å²) in [5.41, 5.74) is 0. The molecular formula is C10H16N4O6S. The first-order valence-electron chi connectivity index (χ1n) is 5.91. The summed E-state index contributed by atoms with van der Waals surface area (Å²) in [6.45, 7) is 1.55. The lowest BCUT2D eigenvalue weighted by Crippen LogP contribution is -2.46. The number of sulfone groups is 1. The highest BCUT2D eigenvalue weighted by Gasteiger charge is 2.21. The Morgan fingerprint density at radius 2 is 2.10 bits per heavy atom. The van der Waals surface area contributed by atoms with E-state index >= 15 is 0 Å². The van der Waals surface area contributed by atoms with Gasteiger partial charge in [0.2, 0.25) is 5.89 Å². The number of hydrogen-bond donors (Lipinski definition) is 3. The fourth-order valence-corrected chi connectivity index (χ4v) is 2.03. The van der Waals surface area contributed by atoms with Crippen molar-refractivity contribution in [1.82, 2.24) is 20.8 Å². The first-order valence-corrected chi connectivity index (χ1v) is 7.97. The van der Waals surface area contributed by atoms with Crippen molar-refractivity contribution in [2.45, 2.75) is 25.9 Å². The van der Waals surface area contributed by atoms with Crippen molar-refractivity contribution in [3.63, 3.8) is 0 Å². The van der Waals surface area contributed by atoms with Crippen LogP contribution in [0.15, 0.2) is 4.52 Å². The van der Waals surface area contributed by atoms with E-state index in [9.17, 15) is 18.0 Å². The van der Waals surface area contributed by atoms with E-state index in [-0.39, 0.29) is 24.6 Å². The molecule has 1 aromatic heterocycles. The lowest BCUT2D eigenvalue weighted by molar-refractivity contribution is -0.139. The minimum Gasteiger partial charge on any atom is -0.480 e. The second-order valence-corrected chi connectivity index (χ2v) is 6.63. The SMILES string of the molecule is Cc1noc(CNC(=O)NC(CCS(C)(=O)=O)C(=O)O)n1. The van der Waals surface area contributed by atoms with Gasteiger partial charge in [-0.05, 0) is 13.3 Å². The Labute approximate surface area is 120 Å². The maximum Gasteiger partial charge on any atom is 0.326 e. The van der Waals surface area contributed by atoms with Gasteiger partial charge in [-0.3, -0.25) is 0 Å². The van der Waals surface area contributed by atoms with Crippen molar-refractivity contribution in [1.29, 1.82) is 0 Å². The first kappa shape index (κ1) is 16.9. The number of urea groups is 1. The Morgan fingerprint density at radius 3 is 2.57 bits per heavy atom. The van der Waals surface area contributed by atoms with Crippen LogP contribution in [0.3, 0.4) is 0 Å². The van der Waals surface area contributed by atoms with Gasteiger partial charge in [-0.2, -0.15) is 4.98 Å². The number of carboxylic acid groups (broad SMARTS) is 1. The molecule has 0 aliphatic rings. The summed E-state index contributed by atoms with van der Waals surface area (Å²) in [7, 11) is -3.31. The Morgan fingerprint density at radius 1 is 1.43 bits per heavy atom. The van der Waals surface area contributed by atoms with Crippen LogP contribution >= 0.6 is 0 Å². The van der Waals surface area contributed by atoms with E-state index in [1.165, 1.54) is 0 Å². The predicted octanol–water partition coefficient (Wildman–Crippen LogP) is -0.935. The zero-order valence-electron chi connectivity index (χ0n) is 11.5. The van der Waals surface area contributed by atoms with Crippen molar-refractivity contribution in [2.24, 2.45) is 0 Å². The van der Waals surface area contributed by atoms with E-state index in [4.69, 9.17) is 9.63 Å². The maximum atomic E-state index is 11.5. The molecule has 21 heavy (non-hydrogen) atoms. The fraction of sp³-hybridized carbons (Fsp3) is 0.600. The van der Waals surface area contributed by atoms with E-state index in [1.54, 1.807) is 6.92 Å². The summed E-state index contributed by atoms with van der Waals surface area (Å²) in [5, 5.41) is 16.9. The van der Waals surface area contributed by atoms with Crippen LogP contribution in [0, 0.1) is 6.92 Å². The number of hydrogen-bond acceptors (Lipinski definition) is 7. The summed E-state index contributed by atoms with van der Waals surface area (Å²) in [6.07, 6.45) is 0.769. The molecule has 2 amide bonds. The second-order valence-electron chi connectivity index (χ2n) is 4.37. The fourth-order valence-electron chi connectivity index (χ4n) is 1.37. The van der Waals surface area contributed by atoms with Gasteiger partial charge in [-0.15, -0.1) is 0 Å². The van der Waals surface area contributed by atoms with Crippen molar-refractivity contribution in [3.05, 3.63) is 11.7 Å². The molecule has 0 aliphatic carbocycles. The molecule has 0 radical (unpaired) electrons. The third-order valence-corrected chi connectivity index (χ3v) is 3.33. The molecule has 0 aromatic carbocycles. The lowest BCUT2D eigenvalue weighted by Gasteiger charge is -2.14. The number of rotatable bonds is 7. The van der Waals surface area contributed by atoms with Crippen molar-refractivity contribution in [3.8, 4) is 0 Å². The van der Waals surface area contributed by atoms with Crippen LogP contribution in [-0.4, -0.2) is 53.7 Å². The zero-order valence-corrected chi connectivity index (χ0v) is 12.3. The van der Waals surface area contributed by atoms with Gasteiger partial charge in [-0.25, -0.2) is 18.0 Å². The number of amides is 2.